The summed E-state index contributed by atoms with van der Waals surface area (Å²) in [6.45, 7) is 0. The number of hydrogen-bond donors (Lipinski definition) is 2. The number of anilines is 3. The molecule has 0 radical (unpaired) electrons. The predicted molar refractivity (Wildman–Crippen MR) is 71.6 cm³/mol. The van der Waals surface area contributed by atoms with Gasteiger partial charge in [0.15, 0.2) is 0 Å². The van der Waals surface area contributed by atoms with E-state index in [1.165, 1.54) is 10.1 Å². The molecule has 2 heterocycles. The number of benzene rings is 1. The second-order valence-corrected chi connectivity index (χ2v) is 4.55. The highest BCUT2D eigenvalue weighted by Crippen LogP contribution is 2.25. The largest absolute Gasteiger partial charge is 0.384 e. The molecule has 0 amide bonds. The quantitative estimate of drug-likeness (QED) is 0.725. The Labute approximate surface area is 102 Å². The SMILES string of the molecule is Nc1ccnc(Nc2ccc3sccc3c2)n1. The van der Waals surface area contributed by atoms with E-state index in [0.717, 1.165) is 5.69 Å². The van der Waals surface area contributed by atoms with E-state index in [9.17, 15) is 0 Å². The lowest BCUT2D eigenvalue weighted by Crippen LogP contribution is -1.99. The summed E-state index contributed by atoms with van der Waals surface area (Å²) in [6, 6.07) is 9.90. The van der Waals surface area contributed by atoms with Crippen molar-refractivity contribution in [3.63, 3.8) is 0 Å². The van der Waals surface area contributed by atoms with Gasteiger partial charge in [0.2, 0.25) is 5.95 Å². The molecule has 0 spiro atoms. The van der Waals surface area contributed by atoms with E-state index in [1.807, 2.05) is 6.07 Å². The summed E-state index contributed by atoms with van der Waals surface area (Å²) < 4.78 is 1.27. The number of rotatable bonds is 2. The Morgan fingerprint density at radius 1 is 1.18 bits per heavy atom. The topological polar surface area (TPSA) is 63.8 Å². The van der Waals surface area contributed by atoms with Gasteiger partial charge in [-0.1, -0.05) is 0 Å². The van der Waals surface area contributed by atoms with Gasteiger partial charge in [0.05, 0.1) is 0 Å². The minimum atomic E-state index is 0.458. The number of nitrogens with two attached hydrogens (primary N) is 1. The van der Waals surface area contributed by atoms with Gasteiger partial charge in [0.1, 0.15) is 5.82 Å². The minimum Gasteiger partial charge on any atom is -0.384 e. The van der Waals surface area contributed by atoms with Crippen LogP contribution in [0.4, 0.5) is 17.5 Å². The van der Waals surface area contributed by atoms with Crippen LogP contribution in [-0.4, -0.2) is 9.97 Å². The van der Waals surface area contributed by atoms with E-state index in [2.05, 4.69) is 38.9 Å². The van der Waals surface area contributed by atoms with Gasteiger partial charge in [0.25, 0.3) is 0 Å². The molecule has 0 aliphatic carbocycles. The van der Waals surface area contributed by atoms with Crippen LogP contribution >= 0.6 is 11.3 Å². The molecule has 4 nitrogen and oxygen atoms in total. The second-order valence-electron chi connectivity index (χ2n) is 3.60. The fraction of sp³-hybridized carbons (Fsp3) is 0. The van der Waals surface area contributed by atoms with Crippen molar-refractivity contribution >= 4 is 38.9 Å². The van der Waals surface area contributed by atoms with Crippen molar-refractivity contribution in [2.24, 2.45) is 0 Å². The molecule has 3 N–H and O–H groups in total. The highest BCUT2D eigenvalue weighted by Gasteiger charge is 2.00. The number of nitrogen functional groups attached to an aromatic ring is 1. The molecule has 2 aromatic heterocycles. The zero-order valence-corrected chi connectivity index (χ0v) is 9.74. The fourth-order valence-electron chi connectivity index (χ4n) is 1.61. The number of aromatic nitrogens is 2. The second kappa shape index (κ2) is 4.03. The molecule has 0 saturated heterocycles. The third-order valence-electron chi connectivity index (χ3n) is 2.39. The molecule has 0 fully saturated rings. The van der Waals surface area contributed by atoms with E-state index < -0.39 is 0 Å². The lowest BCUT2D eigenvalue weighted by atomic mass is 10.2. The van der Waals surface area contributed by atoms with Gasteiger partial charge < -0.3 is 11.1 Å². The number of thiophene rings is 1. The van der Waals surface area contributed by atoms with E-state index in [1.54, 1.807) is 23.6 Å². The summed E-state index contributed by atoms with van der Waals surface area (Å²) in [6.07, 6.45) is 1.63. The summed E-state index contributed by atoms with van der Waals surface area (Å²) in [7, 11) is 0. The molecule has 0 atom stereocenters. The van der Waals surface area contributed by atoms with Crippen LogP contribution in [0.2, 0.25) is 0 Å². The van der Waals surface area contributed by atoms with Crippen LogP contribution in [0.15, 0.2) is 41.9 Å². The highest BCUT2D eigenvalue weighted by atomic mass is 32.1. The van der Waals surface area contributed by atoms with E-state index in [-0.39, 0.29) is 0 Å². The maximum absolute atomic E-state index is 5.60. The monoisotopic (exact) mass is 242 g/mol. The zero-order valence-electron chi connectivity index (χ0n) is 8.92. The van der Waals surface area contributed by atoms with Crippen molar-refractivity contribution in [1.29, 1.82) is 0 Å². The summed E-state index contributed by atoms with van der Waals surface area (Å²) in [5, 5.41) is 6.42. The lowest BCUT2D eigenvalue weighted by Gasteiger charge is -2.04. The molecule has 84 valence electrons. The van der Waals surface area contributed by atoms with Crippen LogP contribution in [0.25, 0.3) is 10.1 Å². The number of fused-ring (bicyclic) bond motifs is 1. The molecule has 0 saturated carbocycles. The van der Waals surface area contributed by atoms with Crippen LogP contribution in [0.1, 0.15) is 0 Å². The van der Waals surface area contributed by atoms with Crippen LogP contribution in [0.3, 0.4) is 0 Å². The molecule has 5 heteroatoms. The van der Waals surface area contributed by atoms with Gasteiger partial charge in [-0.2, -0.15) is 4.98 Å². The lowest BCUT2D eigenvalue weighted by molar-refractivity contribution is 1.17. The predicted octanol–water partition coefficient (Wildman–Crippen LogP) is 3.02. The Balaban J connectivity index is 1.94. The molecule has 0 aliphatic rings. The molecule has 0 aliphatic heterocycles. The van der Waals surface area contributed by atoms with Crippen molar-refractivity contribution in [2.45, 2.75) is 0 Å². The van der Waals surface area contributed by atoms with Gasteiger partial charge in [-0.3, -0.25) is 0 Å². The smallest absolute Gasteiger partial charge is 0.229 e. The van der Waals surface area contributed by atoms with Crippen LogP contribution in [0, 0.1) is 0 Å². The molecular formula is C12H10N4S. The summed E-state index contributed by atoms with van der Waals surface area (Å²) in [5.41, 5.74) is 6.56. The van der Waals surface area contributed by atoms with Gasteiger partial charge in [0, 0.05) is 16.6 Å². The first-order chi connectivity index (χ1) is 8.31. The first-order valence-corrected chi connectivity index (χ1v) is 6.02. The number of nitrogens with one attached hydrogen (secondary N) is 1. The van der Waals surface area contributed by atoms with Crippen molar-refractivity contribution in [3.05, 3.63) is 41.9 Å². The van der Waals surface area contributed by atoms with Gasteiger partial charge >= 0.3 is 0 Å². The Kier molecular flexibility index (Phi) is 2.38. The maximum atomic E-state index is 5.60. The van der Waals surface area contributed by atoms with Crippen LogP contribution in [0.5, 0.6) is 0 Å². The summed E-state index contributed by atoms with van der Waals surface area (Å²) in [4.78, 5) is 8.20. The molecule has 3 rings (SSSR count). The third kappa shape index (κ3) is 2.05. The number of nitrogens with zero attached hydrogens (tertiary/aromatic N) is 2. The molecule has 0 bridgehead atoms. The van der Waals surface area contributed by atoms with Crippen LogP contribution in [-0.2, 0) is 0 Å². The van der Waals surface area contributed by atoms with Crippen molar-refractivity contribution in [1.82, 2.24) is 9.97 Å². The van der Waals surface area contributed by atoms with Gasteiger partial charge in [-0.05, 0) is 41.1 Å². The minimum absolute atomic E-state index is 0.458. The third-order valence-corrected chi connectivity index (χ3v) is 3.28. The highest BCUT2D eigenvalue weighted by molar-refractivity contribution is 7.17. The maximum Gasteiger partial charge on any atom is 0.229 e. The Morgan fingerprint density at radius 3 is 3.00 bits per heavy atom. The van der Waals surface area contributed by atoms with E-state index in [4.69, 9.17) is 5.73 Å². The first-order valence-electron chi connectivity index (χ1n) is 5.14. The average molecular weight is 242 g/mol. The summed E-state index contributed by atoms with van der Waals surface area (Å²) in [5.74, 6) is 0.971. The standard InChI is InChI=1S/C12H10N4S/c13-11-3-5-14-12(16-11)15-9-1-2-10-8(7-9)4-6-17-10/h1-7H,(H3,13,14,15,16). The Bertz CT molecular complexity index is 662. The normalized spacial score (nSPS) is 10.6. The molecule has 1 aromatic carbocycles. The van der Waals surface area contributed by atoms with Crippen molar-refractivity contribution in [3.8, 4) is 0 Å². The molecule has 3 aromatic rings. The molecule has 0 unspecified atom stereocenters. The molecule has 17 heavy (non-hydrogen) atoms. The molecular weight excluding hydrogens is 232 g/mol. The fourth-order valence-corrected chi connectivity index (χ4v) is 2.38. The average Bonchev–Trinajstić information content (AvgIpc) is 2.76. The van der Waals surface area contributed by atoms with Gasteiger partial charge in [-0.15, -0.1) is 11.3 Å². The Morgan fingerprint density at radius 2 is 2.12 bits per heavy atom. The van der Waals surface area contributed by atoms with E-state index in [0.29, 0.717) is 11.8 Å². The van der Waals surface area contributed by atoms with Gasteiger partial charge in [-0.25, -0.2) is 4.98 Å². The van der Waals surface area contributed by atoms with E-state index >= 15 is 0 Å². The zero-order chi connectivity index (χ0) is 11.7. The summed E-state index contributed by atoms with van der Waals surface area (Å²) >= 11 is 1.73. The first kappa shape index (κ1) is 10.0. The Hall–Kier alpha value is -2.14. The van der Waals surface area contributed by atoms with Crippen molar-refractivity contribution < 1.29 is 0 Å². The van der Waals surface area contributed by atoms with Crippen molar-refractivity contribution in [2.75, 3.05) is 11.1 Å². The number of hydrogen-bond acceptors (Lipinski definition) is 5. The van der Waals surface area contributed by atoms with Crippen LogP contribution < -0.4 is 11.1 Å².